The average molecular weight is 270 g/mol. The maximum atomic E-state index is 12.2. The highest BCUT2D eigenvalue weighted by Crippen LogP contribution is 2.25. The van der Waals surface area contributed by atoms with E-state index in [1.807, 2.05) is 29.3 Å². The fourth-order valence-corrected chi connectivity index (χ4v) is 2.69. The van der Waals surface area contributed by atoms with E-state index in [-0.39, 0.29) is 5.91 Å². The number of rotatable bonds is 4. The van der Waals surface area contributed by atoms with Gasteiger partial charge in [0.15, 0.2) is 0 Å². The number of carbonyl (C=O) groups excluding carboxylic acids is 1. The molecule has 1 amide bonds. The van der Waals surface area contributed by atoms with Gasteiger partial charge in [-0.05, 0) is 30.5 Å². The van der Waals surface area contributed by atoms with E-state index in [9.17, 15) is 4.79 Å². The summed E-state index contributed by atoms with van der Waals surface area (Å²) < 4.78 is 0. The van der Waals surface area contributed by atoms with Gasteiger partial charge in [-0.1, -0.05) is 6.07 Å². The van der Waals surface area contributed by atoms with Crippen molar-refractivity contribution in [3.8, 4) is 0 Å². The number of likely N-dealkylation sites (tertiary alicyclic amines) is 1. The summed E-state index contributed by atoms with van der Waals surface area (Å²) in [6, 6.07) is 5.91. The van der Waals surface area contributed by atoms with Crippen LogP contribution in [0.1, 0.15) is 30.0 Å². The largest absolute Gasteiger partial charge is 0.342 e. The number of aryl methyl sites for hydroxylation is 1. The van der Waals surface area contributed by atoms with Gasteiger partial charge in [0.2, 0.25) is 5.91 Å². The maximum Gasteiger partial charge on any atom is 0.222 e. The first kappa shape index (κ1) is 12.8. The molecular formula is C15H18N4O. The molecule has 1 aliphatic rings. The second-order valence-electron chi connectivity index (χ2n) is 5.20. The van der Waals surface area contributed by atoms with Crippen molar-refractivity contribution >= 4 is 5.91 Å². The quantitative estimate of drug-likeness (QED) is 0.920. The first-order valence-electron chi connectivity index (χ1n) is 6.99. The molecule has 0 spiro atoms. The second kappa shape index (κ2) is 5.86. The zero-order valence-corrected chi connectivity index (χ0v) is 11.3. The summed E-state index contributed by atoms with van der Waals surface area (Å²) in [5.41, 5.74) is 2.25. The van der Waals surface area contributed by atoms with Gasteiger partial charge in [0, 0.05) is 49.7 Å². The van der Waals surface area contributed by atoms with E-state index in [1.54, 1.807) is 12.4 Å². The van der Waals surface area contributed by atoms with Crippen LogP contribution in [0.25, 0.3) is 0 Å². The molecule has 3 rings (SSSR count). The highest BCUT2D eigenvalue weighted by molar-refractivity contribution is 5.76. The van der Waals surface area contributed by atoms with Crippen LogP contribution >= 0.6 is 0 Å². The van der Waals surface area contributed by atoms with E-state index >= 15 is 0 Å². The Balaban J connectivity index is 1.51. The van der Waals surface area contributed by atoms with Crippen LogP contribution in [0.2, 0.25) is 0 Å². The van der Waals surface area contributed by atoms with E-state index < -0.39 is 0 Å². The number of pyridine rings is 1. The van der Waals surface area contributed by atoms with Crippen molar-refractivity contribution < 1.29 is 4.79 Å². The molecule has 0 aliphatic carbocycles. The smallest absolute Gasteiger partial charge is 0.222 e. The third kappa shape index (κ3) is 2.87. The van der Waals surface area contributed by atoms with Crippen molar-refractivity contribution in [2.24, 2.45) is 0 Å². The molecule has 1 N–H and O–H groups in total. The first-order chi connectivity index (χ1) is 9.83. The number of H-pyrrole nitrogens is 1. The van der Waals surface area contributed by atoms with E-state index in [0.717, 1.165) is 37.2 Å². The van der Waals surface area contributed by atoms with Crippen LogP contribution in [0.15, 0.2) is 36.8 Å². The van der Waals surface area contributed by atoms with Gasteiger partial charge in [0.1, 0.15) is 0 Å². The Morgan fingerprint density at radius 3 is 3.10 bits per heavy atom. The number of nitrogens with zero attached hydrogens (tertiary/aromatic N) is 3. The molecule has 1 fully saturated rings. The van der Waals surface area contributed by atoms with Gasteiger partial charge in [0.05, 0.1) is 0 Å². The molecule has 1 aliphatic heterocycles. The van der Waals surface area contributed by atoms with Crippen LogP contribution < -0.4 is 0 Å². The van der Waals surface area contributed by atoms with Gasteiger partial charge < -0.3 is 4.90 Å². The fraction of sp³-hybridized carbons (Fsp3) is 0.400. The summed E-state index contributed by atoms with van der Waals surface area (Å²) in [7, 11) is 0. The molecule has 3 heterocycles. The van der Waals surface area contributed by atoms with Crippen molar-refractivity contribution in [2.75, 3.05) is 13.1 Å². The van der Waals surface area contributed by atoms with Gasteiger partial charge in [0.25, 0.3) is 0 Å². The monoisotopic (exact) mass is 270 g/mol. The Labute approximate surface area is 118 Å². The van der Waals surface area contributed by atoms with Crippen molar-refractivity contribution in [1.29, 1.82) is 0 Å². The predicted molar refractivity (Wildman–Crippen MR) is 75.1 cm³/mol. The van der Waals surface area contributed by atoms with Gasteiger partial charge in [-0.25, -0.2) is 0 Å². The summed E-state index contributed by atoms with van der Waals surface area (Å²) >= 11 is 0. The zero-order valence-electron chi connectivity index (χ0n) is 11.3. The van der Waals surface area contributed by atoms with Crippen LogP contribution in [0.5, 0.6) is 0 Å². The van der Waals surface area contributed by atoms with Crippen molar-refractivity contribution in [2.45, 2.75) is 25.2 Å². The topological polar surface area (TPSA) is 61.9 Å². The highest BCUT2D eigenvalue weighted by atomic mass is 16.2. The molecule has 0 aromatic carbocycles. The number of amides is 1. The number of nitrogens with one attached hydrogen (secondary N) is 1. The molecular weight excluding hydrogens is 252 g/mol. The van der Waals surface area contributed by atoms with Gasteiger partial charge in [-0.2, -0.15) is 5.10 Å². The molecule has 0 saturated carbocycles. The molecule has 20 heavy (non-hydrogen) atoms. The summed E-state index contributed by atoms with van der Waals surface area (Å²) in [5, 5.41) is 6.98. The third-order valence-corrected chi connectivity index (χ3v) is 3.85. The van der Waals surface area contributed by atoms with Gasteiger partial charge >= 0.3 is 0 Å². The highest BCUT2D eigenvalue weighted by Gasteiger charge is 2.27. The Bertz CT molecular complexity index is 553. The van der Waals surface area contributed by atoms with Crippen molar-refractivity contribution in [1.82, 2.24) is 20.1 Å². The van der Waals surface area contributed by atoms with Gasteiger partial charge in [-0.3, -0.25) is 14.9 Å². The van der Waals surface area contributed by atoms with Gasteiger partial charge in [-0.15, -0.1) is 0 Å². The van der Waals surface area contributed by atoms with E-state index in [0.29, 0.717) is 12.3 Å². The van der Waals surface area contributed by atoms with E-state index in [1.165, 1.54) is 0 Å². The zero-order chi connectivity index (χ0) is 13.8. The molecule has 0 unspecified atom stereocenters. The van der Waals surface area contributed by atoms with E-state index in [2.05, 4.69) is 15.2 Å². The summed E-state index contributed by atoms with van der Waals surface area (Å²) in [4.78, 5) is 18.2. The number of carbonyl (C=O) groups is 1. The SMILES string of the molecule is O=C(CCc1cccnc1)N1CC[C@H](c2ccn[nH]2)C1. The van der Waals surface area contributed by atoms with Crippen LogP contribution in [-0.4, -0.2) is 39.1 Å². The van der Waals surface area contributed by atoms with Crippen LogP contribution in [-0.2, 0) is 11.2 Å². The number of aromatic nitrogens is 3. The summed E-state index contributed by atoms with van der Waals surface area (Å²) in [5.74, 6) is 0.635. The molecule has 1 saturated heterocycles. The fourth-order valence-electron chi connectivity index (χ4n) is 2.69. The molecule has 104 valence electrons. The average Bonchev–Trinajstić information content (AvgIpc) is 3.16. The van der Waals surface area contributed by atoms with Crippen molar-refractivity contribution in [3.63, 3.8) is 0 Å². The minimum Gasteiger partial charge on any atom is -0.342 e. The number of aromatic amines is 1. The second-order valence-corrected chi connectivity index (χ2v) is 5.20. The van der Waals surface area contributed by atoms with Crippen LogP contribution in [0.3, 0.4) is 0 Å². The lowest BCUT2D eigenvalue weighted by Crippen LogP contribution is -2.28. The Kier molecular flexibility index (Phi) is 3.76. The molecule has 1 atom stereocenters. The van der Waals surface area contributed by atoms with Crippen LogP contribution in [0.4, 0.5) is 0 Å². The third-order valence-electron chi connectivity index (χ3n) is 3.85. The normalized spacial score (nSPS) is 18.4. The molecule has 5 heteroatoms. The molecule has 5 nitrogen and oxygen atoms in total. The summed E-state index contributed by atoms with van der Waals surface area (Å²) in [6.07, 6.45) is 7.67. The predicted octanol–water partition coefficient (Wildman–Crippen LogP) is 1.75. The minimum atomic E-state index is 0.232. The Hall–Kier alpha value is -2.17. The molecule has 2 aromatic rings. The van der Waals surface area contributed by atoms with Crippen molar-refractivity contribution in [3.05, 3.63) is 48.0 Å². The number of hydrogen-bond acceptors (Lipinski definition) is 3. The minimum absolute atomic E-state index is 0.232. The number of hydrogen-bond donors (Lipinski definition) is 1. The molecule has 0 radical (unpaired) electrons. The first-order valence-corrected chi connectivity index (χ1v) is 6.99. The maximum absolute atomic E-state index is 12.2. The lowest BCUT2D eigenvalue weighted by molar-refractivity contribution is -0.130. The molecule has 2 aromatic heterocycles. The Morgan fingerprint density at radius 1 is 1.40 bits per heavy atom. The lowest BCUT2D eigenvalue weighted by Gasteiger charge is -2.16. The standard InChI is InChI=1S/C15H18N4O/c20-15(4-3-12-2-1-7-16-10-12)19-9-6-13(11-19)14-5-8-17-18-14/h1-2,5,7-8,10,13H,3-4,6,9,11H2,(H,17,18)/t13-/m0/s1. The Morgan fingerprint density at radius 2 is 2.35 bits per heavy atom. The van der Waals surface area contributed by atoms with E-state index in [4.69, 9.17) is 0 Å². The van der Waals surface area contributed by atoms with Crippen LogP contribution in [0, 0.1) is 0 Å². The lowest BCUT2D eigenvalue weighted by atomic mass is 10.1. The molecule has 0 bridgehead atoms. The summed E-state index contributed by atoms with van der Waals surface area (Å²) in [6.45, 7) is 1.64.